The molecule has 1 aliphatic heterocycles. The number of H-pyrrole nitrogens is 1. The molecule has 0 aromatic carbocycles. The lowest BCUT2D eigenvalue weighted by Crippen LogP contribution is -2.57. The third-order valence-electron chi connectivity index (χ3n) is 4.06. The summed E-state index contributed by atoms with van der Waals surface area (Å²) in [7, 11) is 3.57. The maximum atomic E-state index is 12.1. The number of amides is 1. The zero-order valence-electron chi connectivity index (χ0n) is 15.2. The predicted molar refractivity (Wildman–Crippen MR) is 102 cm³/mol. The molecule has 10 nitrogen and oxygen atoms in total. The highest BCUT2D eigenvalue weighted by molar-refractivity contribution is 5.88. The van der Waals surface area contributed by atoms with Crippen molar-refractivity contribution < 1.29 is 4.79 Å². The quantitative estimate of drug-likeness (QED) is 0.488. The van der Waals surface area contributed by atoms with Crippen molar-refractivity contribution in [3.8, 4) is 11.4 Å². The van der Waals surface area contributed by atoms with Crippen LogP contribution in [0.25, 0.3) is 11.4 Å². The van der Waals surface area contributed by atoms with E-state index >= 15 is 0 Å². The molecule has 0 unspecified atom stereocenters. The number of likely N-dealkylation sites (N-methyl/N-ethyl adjacent to an activating group) is 1. The summed E-state index contributed by atoms with van der Waals surface area (Å²) in [5.74, 6) is 0.763. The maximum absolute atomic E-state index is 12.1. The molecule has 2 aromatic heterocycles. The first-order valence-corrected chi connectivity index (χ1v) is 8.57. The molecule has 0 aliphatic carbocycles. The minimum atomic E-state index is -0.324. The molecule has 4 N–H and O–H groups in total. The Hall–Kier alpha value is -3.27. The largest absolute Gasteiger partial charge is 0.372 e. The number of aromatic nitrogens is 4. The Morgan fingerprint density at radius 3 is 2.85 bits per heavy atom. The molecular weight excluding hydrogens is 348 g/mol. The van der Waals surface area contributed by atoms with Crippen LogP contribution in [0.3, 0.4) is 0 Å². The Bertz CT molecular complexity index is 888. The van der Waals surface area contributed by atoms with Gasteiger partial charge in [0, 0.05) is 39.0 Å². The van der Waals surface area contributed by atoms with Crippen molar-refractivity contribution in [1.29, 1.82) is 0 Å². The fourth-order valence-corrected chi connectivity index (χ4v) is 2.57. The molecule has 1 aliphatic rings. The molecule has 3 heterocycles. The van der Waals surface area contributed by atoms with E-state index in [2.05, 4.69) is 35.9 Å². The number of anilines is 2. The lowest BCUT2D eigenvalue weighted by atomic mass is 10.1. The van der Waals surface area contributed by atoms with Crippen LogP contribution in [0.4, 0.5) is 11.6 Å². The first-order chi connectivity index (χ1) is 13.1. The highest BCUT2D eigenvalue weighted by Crippen LogP contribution is 2.16. The lowest BCUT2D eigenvalue weighted by molar-refractivity contribution is -0.129. The van der Waals surface area contributed by atoms with Crippen molar-refractivity contribution in [2.45, 2.75) is 6.04 Å². The molecule has 1 fully saturated rings. The van der Waals surface area contributed by atoms with Gasteiger partial charge in [-0.3, -0.25) is 14.6 Å². The van der Waals surface area contributed by atoms with Gasteiger partial charge in [0.15, 0.2) is 5.82 Å². The normalized spacial score (nSPS) is 14.2. The third-order valence-corrected chi connectivity index (χ3v) is 4.06. The van der Waals surface area contributed by atoms with Gasteiger partial charge in [-0.2, -0.15) is 0 Å². The molecule has 3 rings (SSSR count). The molecule has 2 aromatic rings. The summed E-state index contributed by atoms with van der Waals surface area (Å²) in [6, 6.07) is -0.0229. The minimum absolute atomic E-state index is 0.0229. The SMILES string of the molecule is CNCC=CC(=O)N1CC(Nc2nc(-c3cncc(NC)n3)c[nH]c2=O)C1. The number of carbonyl (C=O) groups is 1. The van der Waals surface area contributed by atoms with Gasteiger partial charge in [-0.15, -0.1) is 0 Å². The van der Waals surface area contributed by atoms with E-state index in [4.69, 9.17) is 0 Å². The molecule has 0 saturated carbocycles. The lowest BCUT2D eigenvalue weighted by Gasteiger charge is -2.39. The summed E-state index contributed by atoms with van der Waals surface area (Å²) in [6.45, 7) is 1.68. The van der Waals surface area contributed by atoms with E-state index in [0.717, 1.165) is 0 Å². The summed E-state index contributed by atoms with van der Waals surface area (Å²) in [6.07, 6.45) is 8.00. The van der Waals surface area contributed by atoms with Crippen LogP contribution in [-0.4, -0.2) is 70.5 Å². The van der Waals surface area contributed by atoms with Gasteiger partial charge in [0.1, 0.15) is 17.2 Å². The van der Waals surface area contributed by atoms with E-state index in [-0.39, 0.29) is 23.3 Å². The second kappa shape index (κ2) is 8.41. The number of rotatable bonds is 7. The summed E-state index contributed by atoms with van der Waals surface area (Å²) >= 11 is 0. The van der Waals surface area contributed by atoms with E-state index in [0.29, 0.717) is 36.8 Å². The molecule has 0 atom stereocenters. The smallest absolute Gasteiger partial charge is 0.290 e. The van der Waals surface area contributed by atoms with Gasteiger partial charge in [0.2, 0.25) is 5.91 Å². The molecule has 0 radical (unpaired) electrons. The third kappa shape index (κ3) is 4.47. The van der Waals surface area contributed by atoms with Crippen LogP contribution in [0.1, 0.15) is 0 Å². The van der Waals surface area contributed by atoms with E-state index in [1.165, 1.54) is 6.20 Å². The second-order valence-electron chi connectivity index (χ2n) is 6.05. The fourth-order valence-electron chi connectivity index (χ4n) is 2.57. The van der Waals surface area contributed by atoms with E-state index < -0.39 is 0 Å². The van der Waals surface area contributed by atoms with Gasteiger partial charge < -0.3 is 25.8 Å². The molecule has 0 bridgehead atoms. The van der Waals surface area contributed by atoms with Gasteiger partial charge in [0.25, 0.3) is 5.56 Å². The van der Waals surface area contributed by atoms with Crippen molar-refractivity contribution in [2.75, 3.05) is 44.4 Å². The molecule has 1 saturated heterocycles. The van der Waals surface area contributed by atoms with Crippen LogP contribution >= 0.6 is 0 Å². The van der Waals surface area contributed by atoms with Crippen LogP contribution in [0.5, 0.6) is 0 Å². The minimum Gasteiger partial charge on any atom is -0.372 e. The van der Waals surface area contributed by atoms with Crippen LogP contribution in [0.2, 0.25) is 0 Å². The molecule has 1 amide bonds. The van der Waals surface area contributed by atoms with Crippen LogP contribution in [-0.2, 0) is 4.79 Å². The Balaban J connectivity index is 1.65. The zero-order valence-corrected chi connectivity index (χ0v) is 15.2. The van der Waals surface area contributed by atoms with Crippen LogP contribution < -0.4 is 21.5 Å². The van der Waals surface area contributed by atoms with Gasteiger partial charge in [-0.05, 0) is 7.05 Å². The Kier molecular flexibility index (Phi) is 5.77. The Morgan fingerprint density at radius 2 is 2.11 bits per heavy atom. The number of nitrogens with zero attached hydrogens (tertiary/aromatic N) is 4. The molecule has 10 heteroatoms. The molecule has 142 valence electrons. The first-order valence-electron chi connectivity index (χ1n) is 8.57. The van der Waals surface area contributed by atoms with Gasteiger partial charge in [-0.25, -0.2) is 9.97 Å². The number of nitrogens with one attached hydrogen (secondary N) is 4. The van der Waals surface area contributed by atoms with Crippen molar-refractivity contribution in [1.82, 2.24) is 30.2 Å². The fraction of sp³-hybridized carbons (Fsp3) is 0.353. The summed E-state index contributed by atoms with van der Waals surface area (Å²) < 4.78 is 0. The first kappa shape index (κ1) is 18.5. The number of carbonyl (C=O) groups excluding carboxylic acids is 1. The average molecular weight is 370 g/mol. The standard InChI is InChI=1S/C17H22N8O2/c1-18-5-3-4-15(26)25-9-11(10-25)22-16-17(27)21-7-13(24-16)12-6-20-8-14(19-2)23-12/h3-4,6-8,11,18H,5,9-10H2,1-2H3,(H,19,23)(H,21,27)(H,22,24). The zero-order chi connectivity index (χ0) is 19.2. The topological polar surface area (TPSA) is 128 Å². The van der Waals surface area contributed by atoms with E-state index in [1.54, 1.807) is 36.5 Å². The van der Waals surface area contributed by atoms with Gasteiger partial charge in [0.05, 0.1) is 18.4 Å². The van der Waals surface area contributed by atoms with Crippen molar-refractivity contribution >= 4 is 17.5 Å². The van der Waals surface area contributed by atoms with Crippen LogP contribution in [0, 0.1) is 0 Å². The summed E-state index contributed by atoms with van der Waals surface area (Å²) in [4.78, 5) is 41.2. The number of aromatic amines is 1. The number of hydrogen-bond donors (Lipinski definition) is 4. The van der Waals surface area contributed by atoms with Crippen LogP contribution in [0.15, 0.2) is 35.5 Å². The summed E-state index contributed by atoms with van der Waals surface area (Å²) in [5, 5.41) is 8.94. The number of hydrogen-bond acceptors (Lipinski definition) is 8. The van der Waals surface area contributed by atoms with Gasteiger partial charge >= 0.3 is 0 Å². The predicted octanol–water partition coefficient (Wildman–Crippen LogP) is -0.333. The average Bonchev–Trinajstić information content (AvgIpc) is 2.65. The van der Waals surface area contributed by atoms with Crippen molar-refractivity contribution in [3.05, 3.63) is 41.1 Å². The maximum Gasteiger partial charge on any atom is 0.290 e. The highest BCUT2D eigenvalue weighted by Gasteiger charge is 2.30. The monoisotopic (exact) mass is 370 g/mol. The molecule has 27 heavy (non-hydrogen) atoms. The van der Waals surface area contributed by atoms with E-state index in [9.17, 15) is 9.59 Å². The van der Waals surface area contributed by atoms with Crippen molar-refractivity contribution in [3.63, 3.8) is 0 Å². The van der Waals surface area contributed by atoms with E-state index in [1.807, 2.05) is 7.05 Å². The Morgan fingerprint density at radius 1 is 1.30 bits per heavy atom. The number of likely N-dealkylation sites (tertiary alicyclic amines) is 1. The molecular formula is C17H22N8O2. The molecule has 0 spiro atoms. The summed E-state index contributed by atoms with van der Waals surface area (Å²) in [5.41, 5.74) is 0.723. The van der Waals surface area contributed by atoms with Gasteiger partial charge in [-0.1, -0.05) is 6.08 Å². The highest BCUT2D eigenvalue weighted by atomic mass is 16.2. The Labute approximate surface area is 156 Å². The van der Waals surface area contributed by atoms with Crippen molar-refractivity contribution in [2.24, 2.45) is 0 Å². The second-order valence-corrected chi connectivity index (χ2v) is 6.05.